The van der Waals surface area contributed by atoms with Crippen LogP contribution in [0.3, 0.4) is 0 Å². The Morgan fingerprint density at radius 1 is 1.06 bits per heavy atom. The number of hydrogen-bond donors (Lipinski definition) is 0. The van der Waals surface area contributed by atoms with Crippen LogP contribution in [0.2, 0.25) is 0 Å². The van der Waals surface area contributed by atoms with Crippen LogP contribution in [0.15, 0.2) is 48.0 Å². The summed E-state index contributed by atoms with van der Waals surface area (Å²) in [6.45, 7) is 0. The largest absolute Gasteiger partial charge is 0.347 e. The molecule has 2 aromatic rings. The van der Waals surface area contributed by atoms with Gasteiger partial charge in [-0.2, -0.15) is 0 Å². The van der Waals surface area contributed by atoms with Gasteiger partial charge in [0.1, 0.15) is 6.17 Å². The summed E-state index contributed by atoms with van der Waals surface area (Å²) < 4.78 is 0. The van der Waals surface area contributed by atoms with Crippen molar-refractivity contribution in [1.29, 1.82) is 0 Å². The normalized spacial score (nSPS) is 17.9. The number of hydrogen-bond acceptors (Lipinski definition) is 4. The third-order valence-corrected chi connectivity index (χ3v) is 2.94. The summed E-state index contributed by atoms with van der Waals surface area (Å²) in [5, 5.41) is 0. The first-order valence-corrected chi connectivity index (χ1v) is 5.46. The van der Waals surface area contributed by atoms with E-state index in [9.17, 15) is 0 Å². The first-order chi connectivity index (χ1) is 8.36. The minimum Gasteiger partial charge on any atom is -0.347 e. The summed E-state index contributed by atoms with van der Waals surface area (Å²) in [5.74, 6) is 0. The maximum absolute atomic E-state index is 4.57. The highest BCUT2D eigenvalue weighted by Crippen LogP contribution is 2.31. The number of rotatable bonds is 1. The average Bonchev–Trinajstić information content (AvgIpc) is 2.40. The molecule has 0 bridgehead atoms. The van der Waals surface area contributed by atoms with Gasteiger partial charge in [0.2, 0.25) is 0 Å². The third-order valence-electron chi connectivity index (χ3n) is 2.94. The zero-order valence-electron chi connectivity index (χ0n) is 9.49. The van der Waals surface area contributed by atoms with Crippen LogP contribution >= 0.6 is 0 Å². The molecular weight excluding hydrogens is 212 g/mol. The summed E-state index contributed by atoms with van der Waals surface area (Å²) in [6, 6.07) is 5.94. The lowest BCUT2D eigenvalue weighted by molar-refractivity contribution is 0.699. The molecule has 4 heteroatoms. The van der Waals surface area contributed by atoms with Crippen LogP contribution in [0.25, 0.3) is 0 Å². The highest BCUT2D eigenvalue weighted by atomic mass is 15.2. The second kappa shape index (κ2) is 3.97. The summed E-state index contributed by atoms with van der Waals surface area (Å²) in [6.07, 6.45) is 9.15. The summed E-state index contributed by atoms with van der Waals surface area (Å²) in [7, 11) is 2.03. The van der Waals surface area contributed by atoms with E-state index in [1.807, 2.05) is 37.7 Å². The lowest BCUT2D eigenvalue weighted by Crippen LogP contribution is -2.26. The van der Waals surface area contributed by atoms with E-state index in [1.54, 1.807) is 18.6 Å². The molecule has 2 aromatic heterocycles. The van der Waals surface area contributed by atoms with E-state index in [0.717, 1.165) is 16.8 Å². The van der Waals surface area contributed by atoms with Gasteiger partial charge in [0.05, 0.1) is 11.9 Å². The molecular formula is C13H12N4. The highest BCUT2D eigenvalue weighted by molar-refractivity contribution is 5.89. The fourth-order valence-electron chi connectivity index (χ4n) is 2.03. The van der Waals surface area contributed by atoms with Gasteiger partial charge >= 0.3 is 0 Å². The van der Waals surface area contributed by atoms with Crippen LogP contribution in [-0.4, -0.2) is 23.2 Å². The fraction of sp³-hybridized carbons (Fsp3) is 0.154. The van der Waals surface area contributed by atoms with Crippen molar-refractivity contribution in [2.75, 3.05) is 11.9 Å². The first kappa shape index (κ1) is 9.96. The van der Waals surface area contributed by atoms with Crippen LogP contribution in [0, 0.1) is 0 Å². The molecule has 0 radical (unpaired) electrons. The number of aromatic nitrogens is 2. The van der Waals surface area contributed by atoms with Gasteiger partial charge in [0.15, 0.2) is 0 Å². The van der Waals surface area contributed by atoms with Crippen molar-refractivity contribution in [2.24, 2.45) is 4.99 Å². The maximum Gasteiger partial charge on any atom is 0.147 e. The quantitative estimate of drug-likeness (QED) is 0.744. The smallest absolute Gasteiger partial charge is 0.147 e. The monoisotopic (exact) mass is 224 g/mol. The molecule has 3 heterocycles. The van der Waals surface area contributed by atoms with Gasteiger partial charge in [-0.3, -0.25) is 15.0 Å². The first-order valence-electron chi connectivity index (χ1n) is 5.46. The Morgan fingerprint density at radius 3 is 2.65 bits per heavy atom. The van der Waals surface area contributed by atoms with E-state index < -0.39 is 0 Å². The van der Waals surface area contributed by atoms with Crippen molar-refractivity contribution < 1.29 is 0 Å². The Hall–Kier alpha value is -2.23. The molecule has 1 atom stereocenters. The van der Waals surface area contributed by atoms with E-state index in [4.69, 9.17) is 0 Å². The van der Waals surface area contributed by atoms with Crippen LogP contribution in [0.4, 0.5) is 5.69 Å². The second-order valence-corrected chi connectivity index (χ2v) is 3.98. The number of aliphatic imine (C=N–C) groups is 1. The summed E-state index contributed by atoms with van der Waals surface area (Å²) in [4.78, 5) is 14.9. The standard InChI is InChI=1S/C13H12N4/c1-17-12-9-15-7-4-11(12)8-16-13(17)10-2-5-14-6-3-10/h2-9,13H,1H3. The van der Waals surface area contributed by atoms with Crippen molar-refractivity contribution in [3.63, 3.8) is 0 Å². The lowest BCUT2D eigenvalue weighted by Gasteiger charge is -2.31. The van der Waals surface area contributed by atoms with Gasteiger partial charge in [-0.15, -0.1) is 0 Å². The van der Waals surface area contributed by atoms with E-state index >= 15 is 0 Å². The molecule has 0 spiro atoms. The number of anilines is 1. The van der Waals surface area contributed by atoms with Crippen molar-refractivity contribution in [2.45, 2.75) is 6.17 Å². The van der Waals surface area contributed by atoms with E-state index in [-0.39, 0.29) is 6.17 Å². The van der Waals surface area contributed by atoms with Crippen LogP contribution in [0.5, 0.6) is 0 Å². The van der Waals surface area contributed by atoms with Crippen LogP contribution < -0.4 is 4.90 Å². The Bertz CT molecular complexity index is 550. The van der Waals surface area contributed by atoms with Crippen LogP contribution in [-0.2, 0) is 0 Å². The molecule has 17 heavy (non-hydrogen) atoms. The van der Waals surface area contributed by atoms with Gasteiger partial charge in [-0.25, -0.2) is 0 Å². The predicted molar refractivity (Wildman–Crippen MR) is 67.2 cm³/mol. The Labute approximate surface area is 99.7 Å². The number of fused-ring (bicyclic) bond motifs is 1. The average molecular weight is 224 g/mol. The molecule has 0 saturated heterocycles. The van der Waals surface area contributed by atoms with Gasteiger partial charge in [-0.05, 0) is 23.8 Å². The molecule has 0 N–H and O–H groups in total. The zero-order chi connectivity index (χ0) is 11.7. The highest BCUT2D eigenvalue weighted by Gasteiger charge is 2.21. The molecule has 1 aliphatic rings. The minimum absolute atomic E-state index is 0.00898. The Balaban J connectivity index is 2.03. The molecule has 1 unspecified atom stereocenters. The minimum atomic E-state index is 0.00898. The molecule has 0 saturated carbocycles. The van der Waals surface area contributed by atoms with E-state index in [1.165, 1.54) is 0 Å². The number of pyridine rings is 2. The van der Waals surface area contributed by atoms with Crippen molar-refractivity contribution in [1.82, 2.24) is 9.97 Å². The molecule has 0 aromatic carbocycles. The van der Waals surface area contributed by atoms with Crippen molar-refractivity contribution in [3.05, 3.63) is 54.1 Å². The van der Waals surface area contributed by atoms with Crippen molar-refractivity contribution >= 4 is 11.9 Å². The molecule has 1 aliphatic heterocycles. The second-order valence-electron chi connectivity index (χ2n) is 3.98. The van der Waals surface area contributed by atoms with Gasteiger partial charge < -0.3 is 4.90 Å². The predicted octanol–water partition coefficient (Wildman–Crippen LogP) is 2.04. The SMILES string of the molecule is CN1c2cnccc2C=NC1c1ccncc1. The number of nitrogens with zero attached hydrogens (tertiary/aromatic N) is 4. The summed E-state index contributed by atoms with van der Waals surface area (Å²) >= 11 is 0. The molecule has 84 valence electrons. The fourth-order valence-corrected chi connectivity index (χ4v) is 2.03. The topological polar surface area (TPSA) is 41.4 Å². The van der Waals surface area contributed by atoms with E-state index in [0.29, 0.717) is 0 Å². The molecule has 3 rings (SSSR count). The van der Waals surface area contributed by atoms with E-state index in [2.05, 4.69) is 19.9 Å². The third kappa shape index (κ3) is 1.67. The Morgan fingerprint density at radius 2 is 1.82 bits per heavy atom. The van der Waals surface area contributed by atoms with Crippen LogP contribution in [0.1, 0.15) is 17.3 Å². The summed E-state index contributed by atoms with van der Waals surface area (Å²) in [5.41, 5.74) is 3.34. The lowest BCUT2D eigenvalue weighted by atomic mass is 10.1. The van der Waals surface area contributed by atoms with Gasteiger partial charge in [0, 0.05) is 37.4 Å². The van der Waals surface area contributed by atoms with Gasteiger partial charge in [-0.1, -0.05) is 0 Å². The maximum atomic E-state index is 4.57. The molecule has 0 fully saturated rings. The van der Waals surface area contributed by atoms with Gasteiger partial charge in [0.25, 0.3) is 0 Å². The Kier molecular flexibility index (Phi) is 2.33. The zero-order valence-corrected chi connectivity index (χ0v) is 9.49. The van der Waals surface area contributed by atoms with Crippen molar-refractivity contribution in [3.8, 4) is 0 Å². The molecule has 0 amide bonds. The molecule has 4 nitrogen and oxygen atoms in total. The molecule has 0 aliphatic carbocycles.